The van der Waals surface area contributed by atoms with Crippen LogP contribution in [0.1, 0.15) is 27.3 Å². The Morgan fingerprint density at radius 2 is 2.12 bits per heavy atom. The second-order valence-electron chi connectivity index (χ2n) is 6.62. The number of rotatable bonds is 3. The number of ether oxygens (including phenoxy) is 1. The molecule has 0 atom stereocenters. The topological polar surface area (TPSA) is 63.5 Å². The number of aryl methyl sites for hydroxylation is 1. The Balaban J connectivity index is 1.51. The highest BCUT2D eigenvalue weighted by molar-refractivity contribution is 5.94. The average Bonchev–Trinajstić information content (AvgIpc) is 2.99. The standard InChI is InChI=1S/C18H23N5O2/c1-21-16-13-22(12-14-3-2-5-19-11-14)6-4-15(16)17(20-21)18(24)23-7-9-25-10-8-23/h2-3,5,11H,4,6-10,12-13H2,1H3. The van der Waals surface area contributed by atoms with Gasteiger partial charge in [0.15, 0.2) is 5.69 Å². The molecule has 2 aromatic rings. The molecule has 0 N–H and O–H groups in total. The van der Waals surface area contributed by atoms with Gasteiger partial charge in [-0.2, -0.15) is 5.10 Å². The number of amides is 1. The molecular weight excluding hydrogens is 318 g/mol. The molecule has 0 bridgehead atoms. The molecule has 1 saturated heterocycles. The van der Waals surface area contributed by atoms with Crippen molar-refractivity contribution in [3.8, 4) is 0 Å². The number of fused-ring (bicyclic) bond motifs is 1. The zero-order chi connectivity index (χ0) is 17.2. The van der Waals surface area contributed by atoms with Gasteiger partial charge in [0.1, 0.15) is 0 Å². The van der Waals surface area contributed by atoms with Crippen LogP contribution in [0.5, 0.6) is 0 Å². The highest BCUT2D eigenvalue weighted by Gasteiger charge is 2.30. The molecule has 2 aliphatic heterocycles. The molecular formula is C18H23N5O2. The fraction of sp³-hybridized carbons (Fsp3) is 0.500. The summed E-state index contributed by atoms with van der Waals surface area (Å²) >= 11 is 0. The molecule has 25 heavy (non-hydrogen) atoms. The number of morpholine rings is 1. The van der Waals surface area contributed by atoms with E-state index in [-0.39, 0.29) is 5.91 Å². The molecule has 0 aromatic carbocycles. The zero-order valence-corrected chi connectivity index (χ0v) is 14.5. The van der Waals surface area contributed by atoms with E-state index in [0.717, 1.165) is 37.3 Å². The quantitative estimate of drug-likeness (QED) is 0.828. The first-order valence-corrected chi connectivity index (χ1v) is 8.75. The number of nitrogens with zero attached hydrogens (tertiary/aromatic N) is 5. The maximum Gasteiger partial charge on any atom is 0.274 e. The summed E-state index contributed by atoms with van der Waals surface area (Å²) in [5.41, 5.74) is 4.09. The molecule has 7 nitrogen and oxygen atoms in total. The normalized spacial score (nSPS) is 18.2. The van der Waals surface area contributed by atoms with Crippen molar-refractivity contribution in [3.05, 3.63) is 47.0 Å². The van der Waals surface area contributed by atoms with Crippen LogP contribution < -0.4 is 0 Å². The van der Waals surface area contributed by atoms with Gasteiger partial charge in [-0.3, -0.25) is 19.4 Å². The first kappa shape index (κ1) is 16.2. The Hall–Kier alpha value is -2.25. The summed E-state index contributed by atoms with van der Waals surface area (Å²) in [4.78, 5) is 21.3. The SMILES string of the molecule is Cn1nc(C(=O)N2CCOCC2)c2c1CN(Cc1cccnc1)CC2. The maximum atomic E-state index is 12.8. The van der Waals surface area contributed by atoms with E-state index < -0.39 is 0 Å². The van der Waals surface area contributed by atoms with Gasteiger partial charge in [0.25, 0.3) is 5.91 Å². The second-order valence-corrected chi connectivity index (χ2v) is 6.62. The molecule has 0 radical (unpaired) electrons. The van der Waals surface area contributed by atoms with Crippen molar-refractivity contribution in [1.29, 1.82) is 0 Å². The van der Waals surface area contributed by atoms with Crippen LogP contribution in [0.25, 0.3) is 0 Å². The predicted octanol–water partition coefficient (Wildman–Crippen LogP) is 0.846. The van der Waals surface area contributed by atoms with Gasteiger partial charge >= 0.3 is 0 Å². The van der Waals surface area contributed by atoms with Crippen molar-refractivity contribution >= 4 is 5.91 Å². The van der Waals surface area contributed by atoms with Crippen LogP contribution in [0.15, 0.2) is 24.5 Å². The van der Waals surface area contributed by atoms with E-state index in [1.165, 1.54) is 5.56 Å². The molecule has 4 heterocycles. The minimum atomic E-state index is 0.0425. The lowest BCUT2D eigenvalue weighted by atomic mass is 10.0. The maximum absolute atomic E-state index is 12.8. The molecule has 0 unspecified atom stereocenters. The lowest BCUT2D eigenvalue weighted by Crippen LogP contribution is -2.41. The fourth-order valence-electron chi connectivity index (χ4n) is 3.60. The van der Waals surface area contributed by atoms with E-state index in [2.05, 4.69) is 21.0 Å². The molecule has 7 heteroatoms. The van der Waals surface area contributed by atoms with Crippen molar-refractivity contribution in [3.63, 3.8) is 0 Å². The minimum Gasteiger partial charge on any atom is -0.378 e. The van der Waals surface area contributed by atoms with Gasteiger partial charge < -0.3 is 9.64 Å². The summed E-state index contributed by atoms with van der Waals surface area (Å²) in [5, 5.41) is 4.55. The van der Waals surface area contributed by atoms with Crippen LogP contribution in [0, 0.1) is 0 Å². The molecule has 1 amide bonds. The van der Waals surface area contributed by atoms with Gasteiger partial charge in [-0.25, -0.2) is 0 Å². The smallest absolute Gasteiger partial charge is 0.274 e. The van der Waals surface area contributed by atoms with Crippen LogP contribution in [-0.4, -0.2) is 63.3 Å². The van der Waals surface area contributed by atoms with E-state index in [1.807, 2.05) is 28.9 Å². The van der Waals surface area contributed by atoms with Crippen molar-refractivity contribution in [2.45, 2.75) is 19.5 Å². The van der Waals surface area contributed by atoms with E-state index in [1.54, 1.807) is 6.20 Å². The summed E-state index contributed by atoms with van der Waals surface area (Å²) in [6.07, 6.45) is 4.56. The predicted molar refractivity (Wildman–Crippen MR) is 92.0 cm³/mol. The molecule has 2 aromatic heterocycles. The number of carbonyl (C=O) groups is 1. The van der Waals surface area contributed by atoms with E-state index in [4.69, 9.17) is 4.74 Å². The van der Waals surface area contributed by atoms with Gasteiger partial charge in [0.05, 0.1) is 18.9 Å². The summed E-state index contributed by atoms with van der Waals surface area (Å²) in [6.45, 7) is 5.13. The number of hydrogen-bond acceptors (Lipinski definition) is 5. The molecule has 132 valence electrons. The summed E-state index contributed by atoms with van der Waals surface area (Å²) in [6, 6.07) is 4.06. The molecule has 0 saturated carbocycles. The van der Waals surface area contributed by atoms with Gasteiger partial charge in [-0.15, -0.1) is 0 Å². The number of pyridine rings is 1. The van der Waals surface area contributed by atoms with Gasteiger partial charge in [0.2, 0.25) is 0 Å². The zero-order valence-electron chi connectivity index (χ0n) is 14.5. The van der Waals surface area contributed by atoms with Crippen LogP contribution >= 0.6 is 0 Å². The van der Waals surface area contributed by atoms with Crippen LogP contribution in [0.4, 0.5) is 0 Å². The Kier molecular flexibility index (Phi) is 4.50. The molecule has 2 aliphatic rings. The van der Waals surface area contributed by atoms with Gasteiger partial charge in [-0.1, -0.05) is 6.07 Å². The monoisotopic (exact) mass is 341 g/mol. The third-order valence-corrected chi connectivity index (χ3v) is 4.96. The highest BCUT2D eigenvalue weighted by atomic mass is 16.5. The minimum absolute atomic E-state index is 0.0425. The van der Waals surface area contributed by atoms with Crippen molar-refractivity contribution in [1.82, 2.24) is 24.6 Å². The lowest BCUT2D eigenvalue weighted by molar-refractivity contribution is 0.0297. The molecule has 4 rings (SSSR count). The van der Waals surface area contributed by atoms with E-state index in [9.17, 15) is 4.79 Å². The first-order valence-electron chi connectivity index (χ1n) is 8.75. The Labute approximate surface area is 147 Å². The largest absolute Gasteiger partial charge is 0.378 e. The second kappa shape index (κ2) is 6.93. The van der Waals surface area contributed by atoms with Crippen molar-refractivity contribution < 1.29 is 9.53 Å². The Morgan fingerprint density at radius 3 is 2.88 bits per heavy atom. The summed E-state index contributed by atoms with van der Waals surface area (Å²) in [5.74, 6) is 0.0425. The summed E-state index contributed by atoms with van der Waals surface area (Å²) < 4.78 is 7.22. The summed E-state index contributed by atoms with van der Waals surface area (Å²) in [7, 11) is 1.93. The number of hydrogen-bond donors (Lipinski definition) is 0. The van der Waals surface area contributed by atoms with Crippen molar-refractivity contribution in [2.24, 2.45) is 7.05 Å². The molecule has 0 spiro atoms. The van der Waals surface area contributed by atoms with Gasteiger partial charge in [-0.05, 0) is 18.1 Å². The highest BCUT2D eigenvalue weighted by Crippen LogP contribution is 2.24. The fourth-order valence-corrected chi connectivity index (χ4v) is 3.60. The number of aromatic nitrogens is 3. The third kappa shape index (κ3) is 3.29. The van der Waals surface area contributed by atoms with Crippen LogP contribution in [0.3, 0.4) is 0 Å². The van der Waals surface area contributed by atoms with E-state index in [0.29, 0.717) is 32.0 Å². The van der Waals surface area contributed by atoms with Crippen molar-refractivity contribution in [2.75, 3.05) is 32.8 Å². The average molecular weight is 341 g/mol. The van der Waals surface area contributed by atoms with Gasteiger partial charge in [0, 0.05) is 57.7 Å². The van der Waals surface area contributed by atoms with E-state index >= 15 is 0 Å². The molecule has 0 aliphatic carbocycles. The van der Waals surface area contributed by atoms with Crippen LogP contribution in [-0.2, 0) is 31.3 Å². The first-order chi connectivity index (χ1) is 12.2. The molecule has 1 fully saturated rings. The Morgan fingerprint density at radius 1 is 1.28 bits per heavy atom. The number of carbonyl (C=O) groups excluding carboxylic acids is 1. The van der Waals surface area contributed by atoms with Crippen LogP contribution in [0.2, 0.25) is 0 Å². The third-order valence-electron chi connectivity index (χ3n) is 4.96. The Bertz CT molecular complexity index is 752. The lowest BCUT2D eigenvalue weighted by Gasteiger charge is -2.28.